The molecule has 0 fully saturated rings. The van der Waals surface area contributed by atoms with Crippen LogP contribution < -0.4 is 21.1 Å². The Labute approximate surface area is 284 Å². The van der Waals surface area contributed by atoms with Gasteiger partial charge >= 0.3 is 0 Å². The third-order valence-corrected chi connectivity index (χ3v) is 9.04. The van der Waals surface area contributed by atoms with Crippen molar-refractivity contribution in [2.45, 2.75) is 12.8 Å². The van der Waals surface area contributed by atoms with Crippen LogP contribution in [0.15, 0.2) is 151 Å². The first-order valence-corrected chi connectivity index (χ1v) is 16.5. The van der Waals surface area contributed by atoms with Crippen LogP contribution in [0.1, 0.15) is 24.0 Å². The summed E-state index contributed by atoms with van der Waals surface area (Å²) in [4.78, 5) is 13.6. The van der Waals surface area contributed by atoms with Crippen molar-refractivity contribution >= 4 is 50.9 Å². The molecule has 6 nitrogen and oxygen atoms in total. The summed E-state index contributed by atoms with van der Waals surface area (Å²) in [5.74, 6) is 0. The van der Waals surface area contributed by atoms with Gasteiger partial charge in [-0.2, -0.15) is 0 Å². The molecule has 6 aromatic rings. The van der Waals surface area contributed by atoms with Gasteiger partial charge in [0.2, 0.25) is 0 Å². The van der Waals surface area contributed by atoms with Gasteiger partial charge in [0.25, 0.3) is 0 Å². The van der Waals surface area contributed by atoms with E-state index in [4.69, 9.17) is 15.4 Å². The number of nitrogens with one attached hydrogen (secondary N) is 3. The van der Waals surface area contributed by atoms with Gasteiger partial charge in [0.05, 0.1) is 11.0 Å². The summed E-state index contributed by atoms with van der Waals surface area (Å²) >= 11 is 0. The maximum Gasteiger partial charge on any atom is 0.0971 e. The number of anilines is 1. The molecule has 2 aliphatic rings. The lowest BCUT2D eigenvalue weighted by molar-refractivity contribution is 0.959. The molecule has 1 aliphatic heterocycles. The Hall–Kier alpha value is -6.40. The molecule has 0 saturated heterocycles. The lowest BCUT2D eigenvalue weighted by atomic mass is 9.91. The molecule has 0 spiro atoms. The highest BCUT2D eigenvalue weighted by atomic mass is 14.9. The number of benzene rings is 4. The number of dihydropyridines is 1. The van der Waals surface area contributed by atoms with E-state index in [1.165, 1.54) is 10.6 Å². The minimum atomic E-state index is 0.479. The number of hydrogen-bond acceptors (Lipinski definition) is 6. The Balaban J connectivity index is 1.14. The van der Waals surface area contributed by atoms with Crippen LogP contribution >= 0.6 is 0 Å². The third-order valence-electron chi connectivity index (χ3n) is 9.04. The molecule has 0 amide bonds. The fraction of sp³-hybridized carbons (Fsp3) is 0.0698. The monoisotopic (exact) mass is 634 g/mol. The maximum atomic E-state index is 9.11. The Morgan fingerprint density at radius 3 is 2.41 bits per heavy atom. The van der Waals surface area contributed by atoms with Crippen molar-refractivity contribution in [1.29, 1.82) is 5.41 Å². The predicted octanol–water partition coefficient (Wildman–Crippen LogP) is 7.69. The van der Waals surface area contributed by atoms with Gasteiger partial charge in [0.1, 0.15) is 0 Å². The third kappa shape index (κ3) is 6.08. The number of nitrogens with zero attached hydrogens (tertiary/aromatic N) is 3. The van der Waals surface area contributed by atoms with Crippen LogP contribution in [-0.4, -0.2) is 27.2 Å². The summed E-state index contributed by atoms with van der Waals surface area (Å²) in [6.07, 6.45) is 23.5. The molecular formula is C43H34N6. The fourth-order valence-electron chi connectivity index (χ4n) is 6.67. The van der Waals surface area contributed by atoms with Crippen molar-refractivity contribution in [3.05, 3.63) is 173 Å². The molecule has 0 bridgehead atoms. The number of hydrogen-bond donors (Lipinski definition) is 3. The van der Waals surface area contributed by atoms with Crippen LogP contribution in [0.2, 0.25) is 0 Å². The number of fused-ring (bicyclic) bond motifs is 6. The average molecular weight is 635 g/mol. The molecular weight excluding hydrogens is 601 g/mol. The Morgan fingerprint density at radius 1 is 0.776 bits per heavy atom. The highest BCUT2D eigenvalue weighted by molar-refractivity contribution is 6.07. The van der Waals surface area contributed by atoms with Crippen molar-refractivity contribution < 1.29 is 0 Å². The van der Waals surface area contributed by atoms with Crippen molar-refractivity contribution in [3.63, 3.8) is 0 Å². The molecule has 6 heteroatoms. The van der Waals surface area contributed by atoms with E-state index in [0.29, 0.717) is 12.1 Å². The van der Waals surface area contributed by atoms with Gasteiger partial charge in [-0.15, -0.1) is 0 Å². The van der Waals surface area contributed by atoms with Gasteiger partial charge in [-0.05, 0) is 87.0 Å². The molecule has 0 atom stereocenters. The van der Waals surface area contributed by atoms with Crippen LogP contribution in [0.4, 0.5) is 5.69 Å². The van der Waals surface area contributed by atoms with E-state index in [0.717, 1.165) is 79.4 Å². The van der Waals surface area contributed by atoms with E-state index < -0.39 is 0 Å². The van der Waals surface area contributed by atoms with Crippen LogP contribution in [0.25, 0.3) is 50.7 Å². The molecule has 3 heterocycles. The number of rotatable bonds is 8. The topological polar surface area (TPSA) is 86.6 Å². The van der Waals surface area contributed by atoms with E-state index in [1.54, 1.807) is 24.8 Å². The highest BCUT2D eigenvalue weighted by Crippen LogP contribution is 2.32. The van der Waals surface area contributed by atoms with E-state index in [1.807, 2.05) is 24.4 Å². The lowest BCUT2D eigenvalue weighted by Crippen LogP contribution is -2.27. The van der Waals surface area contributed by atoms with Crippen LogP contribution in [0.5, 0.6) is 0 Å². The zero-order chi connectivity index (χ0) is 33.0. The maximum absolute atomic E-state index is 9.11. The quantitative estimate of drug-likeness (QED) is 0.118. The molecule has 0 unspecified atom stereocenters. The summed E-state index contributed by atoms with van der Waals surface area (Å²) in [6, 6.07) is 29.3. The summed E-state index contributed by atoms with van der Waals surface area (Å²) < 4.78 is 0. The van der Waals surface area contributed by atoms with Crippen molar-refractivity contribution in [2.24, 2.45) is 0 Å². The minimum absolute atomic E-state index is 0.479. The standard InChI is InChI=1S/C43H34N6/c44-40(15-16-41(29-17-21-45-22-18-29)49-33-19-23-46-24-20-33)32-9-5-7-30(27-32)34-10-1-2-11-35(34)31-8-6-14-38-39(28-31)36-12-3-4-13-37(36)42-43(38)48-26-25-47-42/h1-5,7-14,16-21,23-28,44-45H,6,15,22H2,(H,46,49). The number of pyridine rings is 1. The van der Waals surface area contributed by atoms with Crippen molar-refractivity contribution in [2.75, 3.05) is 11.9 Å². The average Bonchev–Trinajstić information content (AvgIpc) is 3.41. The van der Waals surface area contributed by atoms with Crippen molar-refractivity contribution in [3.8, 4) is 11.1 Å². The van der Waals surface area contributed by atoms with E-state index in [9.17, 15) is 0 Å². The number of allylic oxidation sites excluding steroid dienone is 4. The SMILES string of the molecule is N=C(CC=C(Nc1ccncc1)C1=CCNC=C1)c1cccc(-c2ccccc2C2=CCC=c3c(c4ccccc4c4nccnc34)=C2)c1. The normalized spacial score (nSPS) is 14.1. The van der Waals surface area contributed by atoms with Gasteiger partial charge in [0.15, 0.2) is 0 Å². The zero-order valence-corrected chi connectivity index (χ0v) is 26.9. The molecule has 1 aliphatic carbocycles. The summed E-state index contributed by atoms with van der Waals surface area (Å²) in [5, 5.41) is 20.4. The predicted molar refractivity (Wildman–Crippen MR) is 202 cm³/mol. The van der Waals surface area contributed by atoms with E-state index >= 15 is 0 Å². The summed E-state index contributed by atoms with van der Waals surface area (Å²) in [7, 11) is 0. The van der Waals surface area contributed by atoms with Crippen LogP contribution in [0, 0.1) is 5.41 Å². The first-order chi connectivity index (χ1) is 24.2. The highest BCUT2D eigenvalue weighted by Gasteiger charge is 2.14. The van der Waals surface area contributed by atoms with Gasteiger partial charge in [-0.25, -0.2) is 0 Å². The Kier molecular flexibility index (Phi) is 8.18. The fourth-order valence-corrected chi connectivity index (χ4v) is 6.67. The second kappa shape index (κ2) is 13.4. The second-order valence-electron chi connectivity index (χ2n) is 12.1. The smallest absolute Gasteiger partial charge is 0.0971 e. The van der Waals surface area contributed by atoms with E-state index in [2.05, 4.69) is 119 Å². The van der Waals surface area contributed by atoms with Gasteiger partial charge in [-0.3, -0.25) is 15.0 Å². The Bertz CT molecular complexity index is 2490. The first kappa shape index (κ1) is 30.0. The van der Waals surface area contributed by atoms with E-state index in [-0.39, 0.29) is 0 Å². The lowest BCUT2D eigenvalue weighted by Gasteiger charge is -2.16. The second-order valence-corrected chi connectivity index (χ2v) is 12.1. The van der Waals surface area contributed by atoms with Gasteiger partial charge in [0, 0.05) is 65.5 Å². The molecule has 4 aromatic carbocycles. The largest absolute Gasteiger partial charge is 0.387 e. The molecule has 2 aromatic heterocycles. The molecule has 236 valence electrons. The zero-order valence-electron chi connectivity index (χ0n) is 26.9. The Morgan fingerprint density at radius 2 is 1.57 bits per heavy atom. The minimum Gasteiger partial charge on any atom is -0.387 e. The summed E-state index contributed by atoms with van der Waals surface area (Å²) in [6.45, 7) is 0.762. The molecule has 49 heavy (non-hydrogen) atoms. The van der Waals surface area contributed by atoms with Gasteiger partial charge in [-0.1, -0.05) is 91.0 Å². The van der Waals surface area contributed by atoms with Crippen LogP contribution in [0.3, 0.4) is 0 Å². The molecule has 0 saturated carbocycles. The number of aromatic nitrogens is 3. The first-order valence-electron chi connectivity index (χ1n) is 16.5. The van der Waals surface area contributed by atoms with Crippen LogP contribution in [-0.2, 0) is 0 Å². The molecule has 8 rings (SSSR count). The summed E-state index contributed by atoms with van der Waals surface area (Å²) in [5.41, 5.74) is 10.9. The van der Waals surface area contributed by atoms with Gasteiger partial charge < -0.3 is 16.0 Å². The van der Waals surface area contributed by atoms with Crippen molar-refractivity contribution in [1.82, 2.24) is 20.3 Å². The molecule has 3 N–H and O–H groups in total. The molecule has 0 radical (unpaired) electrons.